The highest BCUT2D eigenvalue weighted by Gasteiger charge is 2.11. The SMILES string of the molecule is CCN(C(C)C)C(C)C.CNC(O)(O)O. The molecule has 4 N–H and O–H groups in total. The third-order valence-corrected chi connectivity index (χ3v) is 2.03. The lowest BCUT2D eigenvalue weighted by atomic mass is 10.2. The van der Waals surface area contributed by atoms with E-state index < -0.39 is 6.10 Å². The zero-order chi connectivity index (χ0) is 12.6. The summed E-state index contributed by atoms with van der Waals surface area (Å²) in [6.07, 6.45) is -2.71. The van der Waals surface area contributed by atoms with Crippen molar-refractivity contribution in [2.24, 2.45) is 0 Å². The Bertz CT molecular complexity index is 136. The van der Waals surface area contributed by atoms with Gasteiger partial charge in [0, 0.05) is 12.1 Å². The maximum Gasteiger partial charge on any atom is 0.342 e. The maximum absolute atomic E-state index is 7.83. The predicted octanol–water partition coefficient (Wildman–Crippen LogP) is -0.0809. The van der Waals surface area contributed by atoms with Crippen LogP contribution in [0, 0.1) is 0 Å². The van der Waals surface area contributed by atoms with E-state index in [0.717, 1.165) is 6.54 Å². The molecule has 0 rings (SSSR count). The molecule has 0 aliphatic carbocycles. The number of nitrogens with zero attached hydrogens (tertiary/aromatic N) is 1. The molecule has 5 heteroatoms. The van der Waals surface area contributed by atoms with Crippen molar-refractivity contribution in [1.29, 1.82) is 0 Å². The zero-order valence-corrected chi connectivity index (χ0v) is 10.7. The molecule has 0 unspecified atom stereocenters. The van der Waals surface area contributed by atoms with Crippen LogP contribution in [0.3, 0.4) is 0 Å². The third-order valence-electron chi connectivity index (χ3n) is 2.03. The second kappa shape index (κ2) is 8.01. The fraction of sp³-hybridized carbons (Fsp3) is 1.00. The van der Waals surface area contributed by atoms with Crippen LogP contribution in [0.1, 0.15) is 34.6 Å². The Morgan fingerprint density at radius 3 is 1.33 bits per heavy atom. The van der Waals surface area contributed by atoms with Crippen LogP contribution in [-0.2, 0) is 0 Å². The van der Waals surface area contributed by atoms with Crippen LogP contribution in [0.5, 0.6) is 0 Å². The van der Waals surface area contributed by atoms with Crippen molar-refractivity contribution in [1.82, 2.24) is 10.2 Å². The van der Waals surface area contributed by atoms with Crippen molar-refractivity contribution in [2.75, 3.05) is 13.6 Å². The molecule has 15 heavy (non-hydrogen) atoms. The normalized spacial score (nSPS) is 12.0. The molecule has 0 saturated heterocycles. The molecule has 0 saturated carbocycles. The first-order valence-electron chi connectivity index (χ1n) is 5.27. The lowest BCUT2D eigenvalue weighted by Gasteiger charge is -2.28. The highest BCUT2D eigenvalue weighted by molar-refractivity contribution is 4.64. The van der Waals surface area contributed by atoms with Gasteiger partial charge >= 0.3 is 6.10 Å². The average Bonchev–Trinajstić information content (AvgIpc) is 2.03. The van der Waals surface area contributed by atoms with Gasteiger partial charge in [-0.25, -0.2) is 5.32 Å². The predicted molar refractivity (Wildman–Crippen MR) is 61.1 cm³/mol. The largest absolute Gasteiger partial charge is 0.342 e. The number of aliphatic hydroxyl groups is 3. The second-order valence-corrected chi connectivity index (χ2v) is 3.90. The van der Waals surface area contributed by atoms with E-state index in [4.69, 9.17) is 15.3 Å². The number of nitrogens with one attached hydrogen (secondary N) is 1. The van der Waals surface area contributed by atoms with E-state index in [0.29, 0.717) is 12.1 Å². The summed E-state index contributed by atoms with van der Waals surface area (Å²) in [4.78, 5) is 2.46. The van der Waals surface area contributed by atoms with E-state index in [2.05, 4.69) is 39.5 Å². The molecule has 0 aromatic carbocycles. The molecule has 0 amide bonds. The van der Waals surface area contributed by atoms with Crippen molar-refractivity contribution in [2.45, 2.75) is 52.8 Å². The first-order chi connectivity index (χ1) is 6.65. The minimum absolute atomic E-state index is 0.690. The van der Waals surface area contributed by atoms with Gasteiger partial charge in [-0.3, -0.25) is 4.90 Å². The summed E-state index contributed by atoms with van der Waals surface area (Å²) < 4.78 is 0. The number of hydrogen-bond acceptors (Lipinski definition) is 5. The molecule has 0 aromatic rings. The van der Waals surface area contributed by atoms with E-state index in [9.17, 15) is 0 Å². The van der Waals surface area contributed by atoms with Crippen molar-refractivity contribution in [3.05, 3.63) is 0 Å². The average molecular weight is 222 g/mol. The van der Waals surface area contributed by atoms with Crippen LogP contribution in [0.4, 0.5) is 0 Å². The molecule has 0 bridgehead atoms. The zero-order valence-electron chi connectivity index (χ0n) is 10.7. The third kappa shape index (κ3) is 11.7. The van der Waals surface area contributed by atoms with Crippen molar-refractivity contribution in [3.8, 4) is 0 Å². The van der Waals surface area contributed by atoms with Crippen molar-refractivity contribution >= 4 is 0 Å². The lowest BCUT2D eigenvalue weighted by molar-refractivity contribution is -0.328. The van der Waals surface area contributed by atoms with E-state index in [-0.39, 0.29) is 0 Å². The Morgan fingerprint density at radius 1 is 1.07 bits per heavy atom. The topological polar surface area (TPSA) is 76.0 Å². The summed E-state index contributed by atoms with van der Waals surface area (Å²) in [6, 6.07) is 1.38. The minimum atomic E-state index is -2.71. The highest BCUT2D eigenvalue weighted by atomic mass is 16.7. The van der Waals surface area contributed by atoms with E-state index in [1.54, 1.807) is 5.32 Å². The van der Waals surface area contributed by atoms with Gasteiger partial charge in [-0.2, -0.15) is 0 Å². The molecule has 0 atom stereocenters. The summed E-state index contributed by atoms with van der Waals surface area (Å²) in [5.74, 6) is 0. The summed E-state index contributed by atoms with van der Waals surface area (Å²) in [7, 11) is 1.21. The van der Waals surface area contributed by atoms with Gasteiger partial charge in [0.15, 0.2) is 0 Å². The smallest absolute Gasteiger partial charge is 0.330 e. The highest BCUT2D eigenvalue weighted by Crippen LogP contribution is 2.02. The van der Waals surface area contributed by atoms with Crippen molar-refractivity contribution in [3.63, 3.8) is 0 Å². The quantitative estimate of drug-likeness (QED) is 0.501. The maximum atomic E-state index is 7.83. The molecule has 0 aliphatic heterocycles. The van der Waals surface area contributed by atoms with Gasteiger partial charge in [0.1, 0.15) is 0 Å². The molecule has 0 aromatic heterocycles. The van der Waals surface area contributed by atoms with Gasteiger partial charge in [-0.1, -0.05) is 6.92 Å². The van der Waals surface area contributed by atoms with E-state index >= 15 is 0 Å². The summed E-state index contributed by atoms with van der Waals surface area (Å²) >= 11 is 0. The fourth-order valence-electron chi connectivity index (χ4n) is 1.33. The van der Waals surface area contributed by atoms with Gasteiger partial charge < -0.3 is 15.3 Å². The summed E-state index contributed by atoms with van der Waals surface area (Å²) in [6.45, 7) is 12.3. The fourth-order valence-corrected chi connectivity index (χ4v) is 1.33. The van der Waals surface area contributed by atoms with Gasteiger partial charge in [0.2, 0.25) is 0 Å². The first-order valence-corrected chi connectivity index (χ1v) is 5.27. The molecule has 94 valence electrons. The van der Waals surface area contributed by atoms with Crippen LogP contribution in [0.15, 0.2) is 0 Å². The number of rotatable bonds is 4. The Hall–Kier alpha value is -0.200. The molecule has 0 aliphatic rings. The lowest BCUT2D eigenvalue weighted by Crippen LogP contribution is -2.41. The van der Waals surface area contributed by atoms with Crippen molar-refractivity contribution < 1.29 is 15.3 Å². The van der Waals surface area contributed by atoms with Gasteiger partial charge in [-0.05, 0) is 41.3 Å². The molecule has 0 radical (unpaired) electrons. The minimum Gasteiger partial charge on any atom is -0.330 e. The molecule has 5 nitrogen and oxygen atoms in total. The molecule has 0 fully saturated rings. The Kier molecular flexibility index (Phi) is 9.19. The molecule has 0 heterocycles. The Morgan fingerprint density at radius 2 is 1.33 bits per heavy atom. The van der Waals surface area contributed by atoms with Crippen LogP contribution < -0.4 is 5.32 Å². The monoisotopic (exact) mass is 222 g/mol. The Balaban J connectivity index is 0. The van der Waals surface area contributed by atoms with Crippen LogP contribution in [0.25, 0.3) is 0 Å². The molecule has 0 spiro atoms. The summed E-state index contributed by atoms with van der Waals surface area (Å²) in [5, 5.41) is 25.3. The van der Waals surface area contributed by atoms with Crippen LogP contribution in [-0.4, -0.2) is 52.0 Å². The summed E-state index contributed by atoms with van der Waals surface area (Å²) in [5.41, 5.74) is 0. The number of hydrogen-bond donors (Lipinski definition) is 4. The van der Waals surface area contributed by atoms with Gasteiger partial charge in [0.25, 0.3) is 0 Å². The van der Waals surface area contributed by atoms with Crippen LogP contribution >= 0.6 is 0 Å². The van der Waals surface area contributed by atoms with E-state index in [1.807, 2.05) is 0 Å². The van der Waals surface area contributed by atoms with Gasteiger partial charge in [-0.15, -0.1) is 0 Å². The van der Waals surface area contributed by atoms with Gasteiger partial charge in [0.05, 0.1) is 0 Å². The molecular formula is C10H26N2O3. The van der Waals surface area contributed by atoms with E-state index in [1.165, 1.54) is 7.05 Å². The Labute approximate surface area is 92.7 Å². The standard InChI is InChI=1S/C8H19N.C2H7NO3/c1-6-9(7(2)3)8(4)5;1-3-2(4,5)6/h7-8H,6H2,1-5H3;3-6H,1H3. The van der Waals surface area contributed by atoms with Crippen LogP contribution in [0.2, 0.25) is 0 Å². The second-order valence-electron chi connectivity index (χ2n) is 3.90. The first kappa shape index (κ1) is 17.2. The molecular weight excluding hydrogens is 196 g/mol.